The Labute approximate surface area is 151 Å². The van der Waals surface area contributed by atoms with Crippen molar-refractivity contribution in [3.05, 3.63) is 52.0 Å². The second-order valence-corrected chi connectivity index (χ2v) is 7.72. The Morgan fingerprint density at radius 3 is 3.00 bits per heavy atom. The van der Waals surface area contributed by atoms with Crippen molar-refractivity contribution in [3.8, 4) is 0 Å². The van der Waals surface area contributed by atoms with E-state index in [9.17, 15) is 0 Å². The predicted molar refractivity (Wildman–Crippen MR) is 100 cm³/mol. The van der Waals surface area contributed by atoms with Crippen molar-refractivity contribution in [2.75, 3.05) is 13.2 Å². The molecular weight excluding hydrogens is 338 g/mol. The number of aryl methyl sites for hydroxylation is 1. The maximum Gasteiger partial charge on any atom is 0.170 e. The number of aromatic nitrogens is 1. The van der Waals surface area contributed by atoms with Crippen LogP contribution in [0.1, 0.15) is 41.1 Å². The van der Waals surface area contributed by atoms with Gasteiger partial charge in [0.2, 0.25) is 0 Å². The van der Waals surface area contributed by atoms with E-state index in [1.165, 1.54) is 10.4 Å². The normalized spacial score (nSPS) is 26.8. The number of hydrogen-bond acceptors (Lipinski definition) is 4. The lowest BCUT2D eigenvalue weighted by Gasteiger charge is -2.29. The molecular formula is C18H21N3OS2. The lowest BCUT2D eigenvalue weighted by molar-refractivity contribution is 0.0845. The molecule has 6 heteroatoms. The highest BCUT2D eigenvalue weighted by molar-refractivity contribution is 7.80. The lowest BCUT2D eigenvalue weighted by Crippen LogP contribution is -2.36. The molecule has 0 saturated carbocycles. The number of nitrogens with one attached hydrogen (secondary N) is 1. The highest BCUT2D eigenvalue weighted by Crippen LogP contribution is 2.42. The standard InChI is InChI=1S/C18H21N3OS2/c1-12-7-10-24-17(12)16-15(14-6-2-3-8-19-14)20-18(23)21(16)11-13-5-4-9-22-13/h2-3,6-8,10,13,15-16H,4-5,9,11H2,1H3,(H,20,23). The van der Waals surface area contributed by atoms with Crippen LogP contribution in [0.4, 0.5) is 0 Å². The summed E-state index contributed by atoms with van der Waals surface area (Å²) in [6.45, 7) is 3.88. The molecule has 2 fully saturated rings. The monoisotopic (exact) mass is 359 g/mol. The molecule has 2 aliphatic heterocycles. The van der Waals surface area contributed by atoms with E-state index < -0.39 is 0 Å². The van der Waals surface area contributed by atoms with E-state index in [1.54, 1.807) is 11.3 Å². The lowest BCUT2D eigenvalue weighted by atomic mass is 10.0. The van der Waals surface area contributed by atoms with Crippen LogP contribution in [-0.2, 0) is 4.74 Å². The van der Waals surface area contributed by atoms with E-state index in [0.29, 0.717) is 0 Å². The molecule has 4 rings (SSSR count). The number of rotatable bonds is 4. The summed E-state index contributed by atoms with van der Waals surface area (Å²) in [7, 11) is 0. The van der Waals surface area contributed by atoms with Gasteiger partial charge in [0.1, 0.15) is 0 Å². The third-order valence-electron chi connectivity index (χ3n) is 4.79. The van der Waals surface area contributed by atoms with Crippen LogP contribution in [0.25, 0.3) is 0 Å². The molecule has 0 amide bonds. The molecule has 2 saturated heterocycles. The fourth-order valence-electron chi connectivity index (χ4n) is 3.58. The number of thiophene rings is 1. The largest absolute Gasteiger partial charge is 0.376 e. The Balaban J connectivity index is 1.69. The average molecular weight is 360 g/mol. The Bertz CT molecular complexity index is 712. The van der Waals surface area contributed by atoms with Crippen LogP contribution < -0.4 is 5.32 Å². The highest BCUT2D eigenvalue weighted by Gasteiger charge is 2.42. The van der Waals surface area contributed by atoms with Crippen LogP contribution >= 0.6 is 23.6 Å². The molecule has 2 aromatic rings. The quantitative estimate of drug-likeness (QED) is 0.844. The molecule has 3 atom stereocenters. The Kier molecular flexibility index (Phi) is 4.52. The van der Waals surface area contributed by atoms with Gasteiger partial charge < -0.3 is 15.0 Å². The number of nitrogens with zero attached hydrogens (tertiary/aromatic N) is 2. The van der Waals surface area contributed by atoms with Gasteiger partial charge in [0.15, 0.2) is 5.11 Å². The van der Waals surface area contributed by atoms with Gasteiger partial charge in [-0.3, -0.25) is 4.98 Å². The first kappa shape index (κ1) is 16.0. The smallest absolute Gasteiger partial charge is 0.170 e. The van der Waals surface area contributed by atoms with Gasteiger partial charge in [-0.05, 0) is 61.1 Å². The number of pyridine rings is 1. The highest BCUT2D eigenvalue weighted by atomic mass is 32.1. The average Bonchev–Trinajstić information content (AvgIpc) is 3.31. The molecule has 2 aliphatic rings. The second kappa shape index (κ2) is 6.78. The first-order valence-corrected chi connectivity index (χ1v) is 9.66. The predicted octanol–water partition coefficient (Wildman–Crippen LogP) is 3.60. The molecule has 0 spiro atoms. The maximum absolute atomic E-state index is 5.86. The summed E-state index contributed by atoms with van der Waals surface area (Å²) in [4.78, 5) is 8.24. The van der Waals surface area contributed by atoms with Crippen molar-refractivity contribution in [1.82, 2.24) is 15.2 Å². The summed E-state index contributed by atoms with van der Waals surface area (Å²) in [6, 6.07) is 8.50. The van der Waals surface area contributed by atoms with Gasteiger partial charge in [0.25, 0.3) is 0 Å². The summed E-state index contributed by atoms with van der Waals surface area (Å²) in [5, 5.41) is 6.47. The molecule has 0 bridgehead atoms. The topological polar surface area (TPSA) is 37.4 Å². The summed E-state index contributed by atoms with van der Waals surface area (Å²) >= 11 is 7.48. The minimum absolute atomic E-state index is 0.0810. The summed E-state index contributed by atoms with van der Waals surface area (Å²) < 4.78 is 5.86. The van der Waals surface area contributed by atoms with Crippen LogP contribution in [0.15, 0.2) is 35.8 Å². The van der Waals surface area contributed by atoms with Gasteiger partial charge in [-0.15, -0.1) is 11.3 Å². The van der Waals surface area contributed by atoms with Crippen molar-refractivity contribution in [2.24, 2.45) is 0 Å². The molecule has 4 heterocycles. The molecule has 4 nitrogen and oxygen atoms in total. The van der Waals surface area contributed by atoms with Gasteiger partial charge >= 0.3 is 0 Å². The first-order valence-electron chi connectivity index (χ1n) is 8.37. The van der Waals surface area contributed by atoms with E-state index in [2.05, 4.69) is 39.6 Å². The zero-order chi connectivity index (χ0) is 16.5. The Morgan fingerprint density at radius 2 is 2.33 bits per heavy atom. The van der Waals surface area contributed by atoms with E-state index in [1.807, 2.05) is 18.3 Å². The maximum atomic E-state index is 5.86. The Morgan fingerprint density at radius 1 is 1.42 bits per heavy atom. The fourth-order valence-corrected chi connectivity index (χ4v) is 4.97. The minimum Gasteiger partial charge on any atom is -0.376 e. The molecule has 3 unspecified atom stereocenters. The fraction of sp³-hybridized carbons (Fsp3) is 0.444. The van der Waals surface area contributed by atoms with Crippen molar-refractivity contribution in [3.63, 3.8) is 0 Å². The van der Waals surface area contributed by atoms with Crippen molar-refractivity contribution < 1.29 is 4.74 Å². The molecule has 0 radical (unpaired) electrons. The zero-order valence-corrected chi connectivity index (χ0v) is 15.3. The molecule has 2 aromatic heterocycles. The molecule has 0 aliphatic carbocycles. The number of ether oxygens (including phenoxy) is 1. The molecule has 24 heavy (non-hydrogen) atoms. The minimum atomic E-state index is 0.0810. The number of hydrogen-bond donors (Lipinski definition) is 1. The van der Waals surface area contributed by atoms with Crippen LogP contribution in [0.2, 0.25) is 0 Å². The van der Waals surface area contributed by atoms with Crippen LogP contribution in [0.3, 0.4) is 0 Å². The second-order valence-electron chi connectivity index (χ2n) is 6.38. The van der Waals surface area contributed by atoms with E-state index in [-0.39, 0.29) is 18.2 Å². The molecule has 1 N–H and O–H groups in total. The first-order chi connectivity index (χ1) is 11.7. The van der Waals surface area contributed by atoms with Gasteiger partial charge in [0, 0.05) is 24.2 Å². The van der Waals surface area contributed by atoms with Crippen molar-refractivity contribution in [2.45, 2.75) is 38.0 Å². The molecule has 126 valence electrons. The van der Waals surface area contributed by atoms with E-state index in [0.717, 1.165) is 36.8 Å². The molecule has 0 aromatic carbocycles. The summed E-state index contributed by atoms with van der Waals surface area (Å²) in [5.41, 5.74) is 2.35. The number of thiocarbonyl (C=S) groups is 1. The van der Waals surface area contributed by atoms with Crippen LogP contribution in [-0.4, -0.2) is 34.3 Å². The summed E-state index contributed by atoms with van der Waals surface area (Å²) in [5.74, 6) is 0. The zero-order valence-electron chi connectivity index (χ0n) is 13.6. The Hall–Kier alpha value is -1.50. The van der Waals surface area contributed by atoms with E-state index >= 15 is 0 Å². The van der Waals surface area contributed by atoms with E-state index in [4.69, 9.17) is 17.0 Å². The van der Waals surface area contributed by atoms with Gasteiger partial charge in [-0.2, -0.15) is 0 Å². The van der Waals surface area contributed by atoms with Gasteiger partial charge in [0.05, 0.1) is 23.9 Å². The van der Waals surface area contributed by atoms with Gasteiger partial charge in [-0.25, -0.2) is 0 Å². The van der Waals surface area contributed by atoms with Gasteiger partial charge in [-0.1, -0.05) is 6.07 Å². The van der Waals surface area contributed by atoms with Crippen molar-refractivity contribution >= 4 is 28.7 Å². The van der Waals surface area contributed by atoms with Crippen LogP contribution in [0.5, 0.6) is 0 Å². The van der Waals surface area contributed by atoms with Crippen LogP contribution in [0, 0.1) is 6.92 Å². The SMILES string of the molecule is Cc1ccsc1C1C(c2ccccn2)NC(=S)N1CC1CCCO1. The van der Waals surface area contributed by atoms with Crippen molar-refractivity contribution in [1.29, 1.82) is 0 Å². The third kappa shape index (κ3) is 2.94. The third-order valence-corrected chi connectivity index (χ3v) is 6.23. The summed E-state index contributed by atoms with van der Waals surface area (Å²) in [6.07, 6.45) is 4.38.